The quantitative estimate of drug-likeness (QED) is 0.0388. The van der Waals surface area contributed by atoms with E-state index in [4.69, 9.17) is 53.8 Å². The third-order valence-electron chi connectivity index (χ3n) is 7.64. The van der Waals surface area contributed by atoms with Crippen LogP contribution in [-0.4, -0.2) is 132 Å². The molecule has 0 atom stereocenters. The summed E-state index contributed by atoms with van der Waals surface area (Å²) in [6.07, 6.45) is 25.3. The lowest BCUT2D eigenvalue weighted by Gasteiger charge is -2.09. The predicted molar refractivity (Wildman–Crippen MR) is 197 cm³/mol. The zero-order valence-electron chi connectivity index (χ0n) is 31.8. The van der Waals surface area contributed by atoms with Crippen molar-refractivity contribution in [2.24, 2.45) is 0 Å². The Balaban J connectivity index is 3.13. The van der Waals surface area contributed by atoms with Gasteiger partial charge in [-0.3, -0.25) is 4.79 Å². The Kier molecular flexibility index (Phi) is 44.5. The molecular formula is C39H74O11. The Morgan fingerprint density at radius 3 is 0.940 bits per heavy atom. The fraction of sp³-hybridized carbons (Fsp3) is 0.923. The van der Waals surface area contributed by atoms with E-state index in [2.05, 4.69) is 12.8 Å². The van der Waals surface area contributed by atoms with E-state index >= 15 is 0 Å². The van der Waals surface area contributed by atoms with Crippen LogP contribution in [0.4, 0.5) is 0 Å². The maximum Gasteiger partial charge on any atom is 0.305 e. The van der Waals surface area contributed by atoms with Crippen LogP contribution in [0.25, 0.3) is 0 Å². The summed E-state index contributed by atoms with van der Waals surface area (Å²) in [6.45, 7) is 11.2. The Hall–Kier alpha value is -1.33. The van der Waals surface area contributed by atoms with E-state index in [1.165, 1.54) is 83.5 Å². The van der Waals surface area contributed by atoms with Gasteiger partial charge in [-0.25, -0.2) is 0 Å². The lowest BCUT2D eigenvalue weighted by molar-refractivity contribution is -0.145. The van der Waals surface area contributed by atoms with Crippen molar-refractivity contribution in [1.82, 2.24) is 0 Å². The second kappa shape index (κ2) is 45.7. The fourth-order valence-corrected chi connectivity index (χ4v) is 4.82. The van der Waals surface area contributed by atoms with Crippen molar-refractivity contribution in [3.63, 3.8) is 0 Å². The monoisotopic (exact) mass is 719 g/mol. The van der Waals surface area contributed by atoms with E-state index in [0.29, 0.717) is 132 Å². The normalized spacial score (nSPS) is 11.3. The summed E-state index contributed by atoms with van der Waals surface area (Å²) < 4.78 is 54.0. The number of ether oxygens (including phenoxy) is 10. The smallest absolute Gasteiger partial charge is 0.305 e. The fourth-order valence-electron chi connectivity index (χ4n) is 4.82. The van der Waals surface area contributed by atoms with Crippen molar-refractivity contribution >= 4 is 5.97 Å². The van der Waals surface area contributed by atoms with Crippen LogP contribution in [0.3, 0.4) is 0 Å². The van der Waals surface area contributed by atoms with Gasteiger partial charge in [-0.1, -0.05) is 103 Å². The zero-order valence-corrected chi connectivity index (χ0v) is 31.8. The first-order chi connectivity index (χ1) is 24.8. The molecule has 0 spiro atoms. The molecule has 0 aromatic heterocycles. The molecule has 0 rings (SSSR count). The van der Waals surface area contributed by atoms with Gasteiger partial charge in [0, 0.05) is 6.42 Å². The molecule has 296 valence electrons. The highest BCUT2D eigenvalue weighted by molar-refractivity contribution is 5.69. The largest absolute Gasteiger partial charge is 0.463 e. The van der Waals surface area contributed by atoms with Crippen molar-refractivity contribution in [3.05, 3.63) is 0 Å². The van der Waals surface area contributed by atoms with Crippen molar-refractivity contribution in [2.45, 2.75) is 110 Å². The molecule has 0 fully saturated rings. The maximum absolute atomic E-state index is 11.9. The first kappa shape index (κ1) is 48.7. The van der Waals surface area contributed by atoms with Gasteiger partial charge < -0.3 is 47.4 Å². The third kappa shape index (κ3) is 44.7. The highest BCUT2D eigenvalue weighted by Gasteiger charge is 2.03. The van der Waals surface area contributed by atoms with E-state index in [1.807, 2.05) is 0 Å². The lowest BCUT2D eigenvalue weighted by Crippen LogP contribution is -2.15. The molecule has 0 aromatic rings. The first-order valence-corrected chi connectivity index (χ1v) is 19.6. The number of rotatable bonds is 44. The lowest BCUT2D eigenvalue weighted by atomic mass is 10.0. The molecule has 0 N–H and O–H groups in total. The van der Waals surface area contributed by atoms with Crippen LogP contribution in [-0.2, 0) is 52.2 Å². The van der Waals surface area contributed by atoms with Crippen molar-refractivity contribution in [2.75, 3.05) is 126 Å². The second-order valence-electron chi connectivity index (χ2n) is 12.1. The van der Waals surface area contributed by atoms with E-state index in [1.54, 1.807) is 0 Å². The minimum absolute atomic E-state index is 0.130. The molecule has 0 amide bonds. The minimum Gasteiger partial charge on any atom is -0.463 e. The number of unbranched alkanes of at least 4 members (excludes halogenated alkanes) is 14. The molecule has 0 aliphatic rings. The molecule has 0 heterocycles. The van der Waals surface area contributed by atoms with Crippen molar-refractivity contribution in [1.29, 1.82) is 0 Å². The van der Waals surface area contributed by atoms with Crippen LogP contribution in [0, 0.1) is 12.3 Å². The molecule has 0 aliphatic heterocycles. The maximum atomic E-state index is 11.9. The molecule has 0 saturated carbocycles. The van der Waals surface area contributed by atoms with Crippen LogP contribution in [0.5, 0.6) is 0 Å². The van der Waals surface area contributed by atoms with Gasteiger partial charge in [0.15, 0.2) is 0 Å². The van der Waals surface area contributed by atoms with Gasteiger partial charge in [0.25, 0.3) is 0 Å². The summed E-state index contributed by atoms with van der Waals surface area (Å²) in [5, 5.41) is 0. The highest BCUT2D eigenvalue weighted by Crippen LogP contribution is 2.13. The van der Waals surface area contributed by atoms with Gasteiger partial charge in [-0.2, -0.15) is 0 Å². The molecule has 0 saturated heterocycles. The van der Waals surface area contributed by atoms with E-state index in [9.17, 15) is 4.79 Å². The van der Waals surface area contributed by atoms with Crippen LogP contribution < -0.4 is 0 Å². The summed E-state index contributed by atoms with van der Waals surface area (Å²) in [7, 11) is 0. The van der Waals surface area contributed by atoms with E-state index in [0.717, 1.165) is 12.8 Å². The highest BCUT2D eigenvalue weighted by atomic mass is 16.6. The molecule has 0 bridgehead atoms. The van der Waals surface area contributed by atoms with Crippen molar-refractivity contribution < 1.29 is 52.2 Å². The summed E-state index contributed by atoms with van der Waals surface area (Å²) in [5.74, 6) is 2.27. The number of esters is 1. The summed E-state index contributed by atoms with van der Waals surface area (Å²) >= 11 is 0. The molecule has 11 heteroatoms. The SMILES string of the molecule is C#CCOCCOCCOCCOCCOCCOCCOCCOCCOCCOC(=O)CCCCCCCCCCCCCCCCC. The van der Waals surface area contributed by atoms with Crippen LogP contribution >= 0.6 is 0 Å². The molecule has 0 unspecified atom stereocenters. The number of hydrogen-bond donors (Lipinski definition) is 0. The Labute approximate surface area is 305 Å². The molecule has 50 heavy (non-hydrogen) atoms. The Morgan fingerprint density at radius 1 is 0.380 bits per heavy atom. The van der Waals surface area contributed by atoms with Crippen LogP contribution in [0.1, 0.15) is 110 Å². The van der Waals surface area contributed by atoms with E-state index in [-0.39, 0.29) is 5.97 Å². The Morgan fingerprint density at radius 2 is 0.640 bits per heavy atom. The summed E-state index contributed by atoms with van der Waals surface area (Å²) in [4.78, 5) is 11.9. The molecule has 0 aliphatic carbocycles. The molecule has 11 nitrogen and oxygen atoms in total. The summed E-state index contributed by atoms with van der Waals surface area (Å²) in [6, 6.07) is 0. The van der Waals surface area contributed by atoms with Crippen molar-refractivity contribution in [3.8, 4) is 12.3 Å². The zero-order chi connectivity index (χ0) is 36.1. The average molecular weight is 719 g/mol. The second-order valence-corrected chi connectivity index (χ2v) is 12.1. The standard InChI is InChI=1S/C39H74O11/c1-3-5-6-7-8-9-10-11-12-13-14-15-16-17-18-19-39(40)50-38-37-49-36-35-48-34-33-47-32-31-46-30-29-45-28-27-44-26-25-43-24-23-42-22-21-41-20-4-2/h2H,3,5-38H2,1H3. The van der Waals surface area contributed by atoms with Gasteiger partial charge in [0.1, 0.15) is 13.2 Å². The van der Waals surface area contributed by atoms with Crippen LogP contribution in [0.2, 0.25) is 0 Å². The van der Waals surface area contributed by atoms with Gasteiger partial charge in [-0.15, -0.1) is 6.42 Å². The number of terminal acetylenes is 1. The van der Waals surface area contributed by atoms with Gasteiger partial charge in [-0.05, 0) is 6.42 Å². The Bertz CT molecular complexity index is 689. The molecule has 0 radical (unpaired) electrons. The minimum atomic E-state index is -0.130. The number of carbonyl (C=O) groups is 1. The average Bonchev–Trinajstić information content (AvgIpc) is 3.12. The first-order valence-electron chi connectivity index (χ1n) is 19.6. The third-order valence-corrected chi connectivity index (χ3v) is 7.64. The van der Waals surface area contributed by atoms with Crippen LogP contribution in [0.15, 0.2) is 0 Å². The van der Waals surface area contributed by atoms with Gasteiger partial charge >= 0.3 is 5.97 Å². The molecule has 0 aromatic carbocycles. The number of hydrogen-bond acceptors (Lipinski definition) is 11. The van der Waals surface area contributed by atoms with Gasteiger partial charge in [0.2, 0.25) is 0 Å². The molecular weight excluding hydrogens is 644 g/mol. The van der Waals surface area contributed by atoms with E-state index < -0.39 is 0 Å². The topological polar surface area (TPSA) is 109 Å². The number of carbonyl (C=O) groups excluding carboxylic acids is 1. The predicted octanol–water partition coefficient (Wildman–Crippen LogP) is 6.57. The summed E-state index contributed by atoms with van der Waals surface area (Å²) in [5.41, 5.74) is 0. The van der Waals surface area contributed by atoms with Gasteiger partial charge in [0.05, 0.1) is 112 Å².